The molecule has 0 bridgehead atoms. The first-order valence-electron chi connectivity index (χ1n) is 8.82. The van der Waals surface area contributed by atoms with Gasteiger partial charge in [0, 0.05) is 11.9 Å². The van der Waals surface area contributed by atoms with E-state index in [1.165, 1.54) is 0 Å². The van der Waals surface area contributed by atoms with Gasteiger partial charge >= 0.3 is 0 Å². The van der Waals surface area contributed by atoms with E-state index < -0.39 is 10.0 Å². The van der Waals surface area contributed by atoms with Gasteiger partial charge < -0.3 is 20.7 Å². The van der Waals surface area contributed by atoms with Crippen molar-refractivity contribution in [3.8, 4) is 0 Å². The molecule has 0 unspecified atom stereocenters. The SMILES string of the molecule is CC(C)[C@@H](CO)Nc1nc(Nc2cccc(NS(C)(=O)=O)c2)nc2[nH]ccc12. The van der Waals surface area contributed by atoms with Crippen LogP contribution in [-0.2, 0) is 10.0 Å². The number of aromatic amines is 1. The molecule has 10 heteroatoms. The molecule has 150 valence electrons. The summed E-state index contributed by atoms with van der Waals surface area (Å²) in [5.41, 5.74) is 1.71. The maximum absolute atomic E-state index is 11.4. The van der Waals surface area contributed by atoms with E-state index >= 15 is 0 Å². The highest BCUT2D eigenvalue weighted by molar-refractivity contribution is 7.92. The summed E-state index contributed by atoms with van der Waals surface area (Å²) in [4.78, 5) is 12.1. The minimum absolute atomic E-state index is 0.0183. The van der Waals surface area contributed by atoms with Crippen LogP contribution in [0.15, 0.2) is 36.5 Å². The third-order valence-electron chi connectivity index (χ3n) is 4.16. The number of aliphatic hydroxyl groups excluding tert-OH is 1. The Morgan fingerprint density at radius 1 is 1.18 bits per heavy atom. The van der Waals surface area contributed by atoms with E-state index in [9.17, 15) is 13.5 Å². The first-order valence-corrected chi connectivity index (χ1v) is 10.7. The summed E-state index contributed by atoms with van der Waals surface area (Å²) in [5, 5.41) is 16.8. The number of benzene rings is 1. The second-order valence-corrected chi connectivity index (χ2v) is 8.64. The lowest BCUT2D eigenvalue weighted by molar-refractivity contribution is 0.249. The molecular weight excluding hydrogens is 380 g/mol. The quantitative estimate of drug-likeness (QED) is 0.390. The van der Waals surface area contributed by atoms with Crippen molar-refractivity contribution >= 4 is 44.2 Å². The minimum Gasteiger partial charge on any atom is -0.394 e. The van der Waals surface area contributed by atoms with Gasteiger partial charge in [0.2, 0.25) is 16.0 Å². The highest BCUT2D eigenvalue weighted by atomic mass is 32.2. The van der Waals surface area contributed by atoms with Crippen LogP contribution in [0.4, 0.5) is 23.1 Å². The van der Waals surface area contributed by atoms with Crippen molar-refractivity contribution in [2.45, 2.75) is 19.9 Å². The maximum Gasteiger partial charge on any atom is 0.231 e. The summed E-state index contributed by atoms with van der Waals surface area (Å²) in [6, 6.07) is 8.54. The molecule has 0 spiro atoms. The van der Waals surface area contributed by atoms with Crippen LogP contribution in [0, 0.1) is 5.92 Å². The van der Waals surface area contributed by atoms with Gasteiger partial charge in [-0.3, -0.25) is 4.72 Å². The van der Waals surface area contributed by atoms with Gasteiger partial charge in [0.05, 0.1) is 30.0 Å². The summed E-state index contributed by atoms with van der Waals surface area (Å²) >= 11 is 0. The monoisotopic (exact) mass is 404 g/mol. The Bertz CT molecular complexity index is 1060. The van der Waals surface area contributed by atoms with Gasteiger partial charge in [-0.1, -0.05) is 19.9 Å². The standard InChI is InChI=1S/C18H24N6O3S/c1-11(2)15(10-25)21-17-14-7-8-19-16(14)22-18(23-17)20-12-5-4-6-13(9-12)24-28(3,26)27/h4-9,11,15,24-25H,10H2,1-3H3,(H3,19,20,21,22,23)/t15-/m1/s1. The zero-order valence-corrected chi connectivity index (χ0v) is 16.7. The zero-order chi connectivity index (χ0) is 20.3. The molecule has 5 N–H and O–H groups in total. The van der Waals surface area contributed by atoms with Crippen molar-refractivity contribution in [3.63, 3.8) is 0 Å². The topological polar surface area (TPSA) is 132 Å². The molecule has 0 fully saturated rings. The average Bonchev–Trinajstić information content (AvgIpc) is 3.06. The first-order chi connectivity index (χ1) is 13.2. The van der Waals surface area contributed by atoms with Crippen molar-refractivity contribution in [1.29, 1.82) is 0 Å². The van der Waals surface area contributed by atoms with E-state index in [4.69, 9.17) is 0 Å². The van der Waals surface area contributed by atoms with Crippen LogP contribution >= 0.6 is 0 Å². The maximum atomic E-state index is 11.4. The summed E-state index contributed by atoms with van der Waals surface area (Å²) < 4.78 is 25.3. The summed E-state index contributed by atoms with van der Waals surface area (Å²) in [7, 11) is -3.37. The van der Waals surface area contributed by atoms with Gasteiger partial charge in [-0.05, 0) is 30.2 Å². The van der Waals surface area contributed by atoms with E-state index in [0.717, 1.165) is 11.6 Å². The van der Waals surface area contributed by atoms with Crippen molar-refractivity contribution < 1.29 is 13.5 Å². The summed E-state index contributed by atoms with van der Waals surface area (Å²) in [6.45, 7) is 4.02. The van der Waals surface area contributed by atoms with E-state index in [1.54, 1.807) is 30.5 Å². The molecule has 0 saturated carbocycles. The highest BCUT2D eigenvalue weighted by Crippen LogP contribution is 2.25. The molecule has 3 aromatic rings. The van der Waals surface area contributed by atoms with Crippen LogP contribution in [0.2, 0.25) is 0 Å². The molecule has 3 rings (SSSR count). The molecular formula is C18H24N6O3S. The number of nitrogens with one attached hydrogen (secondary N) is 4. The van der Waals surface area contributed by atoms with Gasteiger partial charge in [-0.25, -0.2) is 8.42 Å². The molecule has 1 atom stereocenters. The Morgan fingerprint density at radius 3 is 2.61 bits per heavy atom. The molecule has 0 aliphatic heterocycles. The van der Waals surface area contributed by atoms with E-state index in [1.807, 2.05) is 19.9 Å². The Balaban J connectivity index is 1.91. The minimum atomic E-state index is -3.37. The van der Waals surface area contributed by atoms with Crippen LogP contribution in [0.3, 0.4) is 0 Å². The van der Waals surface area contributed by atoms with E-state index in [-0.39, 0.29) is 18.6 Å². The number of aromatic nitrogens is 3. The average molecular weight is 404 g/mol. The lowest BCUT2D eigenvalue weighted by Gasteiger charge is -2.21. The van der Waals surface area contributed by atoms with Gasteiger partial charge in [-0.15, -0.1) is 0 Å². The number of hydrogen-bond acceptors (Lipinski definition) is 7. The van der Waals surface area contributed by atoms with Crippen LogP contribution in [0.5, 0.6) is 0 Å². The smallest absolute Gasteiger partial charge is 0.231 e. The Labute approximate surface area is 163 Å². The van der Waals surface area contributed by atoms with Crippen molar-refractivity contribution in [3.05, 3.63) is 36.5 Å². The molecule has 0 saturated heterocycles. The second-order valence-electron chi connectivity index (χ2n) is 6.89. The molecule has 28 heavy (non-hydrogen) atoms. The predicted molar refractivity (Wildman–Crippen MR) is 111 cm³/mol. The lowest BCUT2D eigenvalue weighted by Crippen LogP contribution is -2.30. The van der Waals surface area contributed by atoms with Gasteiger partial charge in [0.15, 0.2) is 0 Å². The number of H-pyrrole nitrogens is 1. The van der Waals surface area contributed by atoms with E-state index in [2.05, 4.69) is 30.3 Å². The zero-order valence-electron chi connectivity index (χ0n) is 15.9. The number of rotatable bonds is 8. The van der Waals surface area contributed by atoms with Crippen LogP contribution in [0.1, 0.15) is 13.8 Å². The van der Waals surface area contributed by atoms with Crippen molar-refractivity contribution in [2.75, 3.05) is 28.2 Å². The largest absolute Gasteiger partial charge is 0.394 e. The van der Waals surface area contributed by atoms with Crippen LogP contribution in [-0.4, -0.2) is 47.4 Å². The fourth-order valence-electron chi connectivity index (χ4n) is 2.71. The highest BCUT2D eigenvalue weighted by Gasteiger charge is 2.16. The molecule has 1 aromatic carbocycles. The fourth-order valence-corrected chi connectivity index (χ4v) is 3.26. The molecule has 0 aliphatic rings. The third kappa shape index (κ3) is 4.90. The number of fused-ring (bicyclic) bond motifs is 1. The number of aliphatic hydroxyl groups is 1. The summed E-state index contributed by atoms with van der Waals surface area (Å²) in [5.74, 6) is 1.16. The molecule has 0 aliphatic carbocycles. The van der Waals surface area contributed by atoms with Crippen LogP contribution in [0.25, 0.3) is 11.0 Å². The molecule has 9 nitrogen and oxygen atoms in total. The number of hydrogen-bond donors (Lipinski definition) is 5. The number of sulfonamides is 1. The summed E-state index contributed by atoms with van der Waals surface area (Å²) in [6.07, 6.45) is 2.87. The lowest BCUT2D eigenvalue weighted by atomic mass is 10.1. The van der Waals surface area contributed by atoms with Gasteiger partial charge in [0.1, 0.15) is 11.5 Å². The van der Waals surface area contributed by atoms with Crippen LogP contribution < -0.4 is 15.4 Å². The van der Waals surface area contributed by atoms with Gasteiger partial charge in [0.25, 0.3) is 0 Å². The molecule has 0 radical (unpaired) electrons. The normalized spacial score (nSPS) is 12.9. The molecule has 2 heterocycles. The predicted octanol–water partition coefficient (Wildman–Crippen LogP) is 2.50. The fraction of sp³-hybridized carbons (Fsp3) is 0.333. The molecule has 2 aromatic heterocycles. The van der Waals surface area contributed by atoms with E-state index in [0.29, 0.717) is 28.8 Å². The van der Waals surface area contributed by atoms with Gasteiger partial charge in [-0.2, -0.15) is 9.97 Å². The first kappa shape index (κ1) is 19.9. The Hall–Kier alpha value is -2.85. The Morgan fingerprint density at radius 2 is 1.93 bits per heavy atom. The second kappa shape index (κ2) is 8.03. The molecule has 0 amide bonds. The number of nitrogens with zero attached hydrogens (tertiary/aromatic N) is 2. The number of anilines is 4. The Kier molecular flexibility index (Phi) is 5.71. The van der Waals surface area contributed by atoms with Crippen molar-refractivity contribution in [2.24, 2.45) is 5.92 Å². The third-order valence-corrected chi connectivity index (χ3v) is 4.77. The van der Waals surface area contributed by atoms with Crippen molar-refractivity contribution in [1.82, 2.24) is 15.0 Å².